The van der Waals surface area contributed by atoms with Gasteiger partial charge in [0.2, 0.25) is 23.6 Å². The van der Waals surface area contributed by atoms with Crippen molar-refractivity contribution in [1.82, 2.24) is 21.3 Å². The average molecular weight is 832 g/mol. The first-order valence-electron chi connectivity index (χ1n) is 19.3. The lowest BCUT2D eigenvalue weighted by Gasteiger charge is -2.26. The zero-order chi connectivity index (χ0) is 42.4. The SMILES string of the molecule is O=C1CC(O)C(=O)Nc2ccc(cc2)CC(C(=O)O)NC(=O)C(Cc2ccccc2)NC(=O)C(Cc2ccc(OCc3ccccc3)cc2)NC(=O)C(Cc2cccs2)N1. The molecule has 5 amide bonds. The van der Waals surface area contributed by atoms with Gasteiger partial charge in [0.15, 0.2) is 0 Å². The number of fused-ring (bicyclic) bond motifs is 18. The van der Waals surface area contributed by atoms with Gasteiger partial charge in [0.25, 0.3) is 5.91 Å². The molecule has 0 saturated heterocycles. The van der Waals surface area contributed by atoms with E-state index in [9.17, 15) is 39.0 Å². The molecule has 2 bridgehead atoms. The van der Waals surface area contributed by atoms with Gasteiger partial charge in [0, 0.05) is 36.2 Å². The van der Waals surface area contributed by atoms with Crippen LogP contribution >= 0.6 is 11.3 Å². The van der Waals surface area contributed by atoms with Crippen LogP contribution in [0.1, 0.15) is 33.6 Å². The number of amides is 5. The molecule has 0 fully saturated rings. The Morgan fingerprint density at radius 3 is 1.75 bits per heavy atom. The van der Waals surface area contributed by atoms with Crippen molar-refractivity contribution in [3.8, 4) is 5.75 Å². The molecule has 5 unspecified atom stereocenters. The van der Waals surface area contributed by atoms with Gasteiger partial charge in [-0.2, -0.15) is 0 Å². The molecule has 14 nitrogen and oxygen atoms in total. The van der Waals surface area contributed by atoms with Gasteiger partial charge in [-0.15, -0.1) is 11.3 Å². The van der Waals surface area contributed by atoms with Gasteiger partial charge in [0.05, 0.1) is 6.42 Å². The number of ether oxygens (including phenoxy) is 1. The molecule has 0 spiro atoms. The highest BCUT2D eigenvalue weighted by molar-refractivity contribution is 7.09. The third-order valence-electron chi connectivity index (χ3n) is 9.75. The maximum absolute atomic E-state index is 14.4. The normalized spacial score (nSPS) is 20.7. The van der Waals surface area contributed by atoms with Crippen LogP contribution in [-0.2, 0) is 61.1 Å². The number of anilines is 1. The fourth-order valence-electron chi connectivity index (χ4n) is 6.53. The molecule has 1 aromatic heterocycles. The van der Waals surface area contributed by atoms with Crippen LogP contribution in [0.2, 0.25) is 0 Å². The summed E-state index contributed by atoms with van der Waals surface area (Å²) in [6.07, 6.45) is -2.62. The first kappa shape index (κ1) is 42.8. The average Bonchev–Trinajstić information content (AvgIpc) is 3.76. The minimum Gasteiger partial charge on any atom is -0.489 e. The lowest BCUT2D eigenvalue weighted by Crippen LogP contribution is -2.59. The number of aliphatic carboxylic acids is 1. The third-order valence-corrected chi connectivity index (χ3v) is 10.7. The highest BCUT2D eigenvalue weighted by atomic mass is 32.1. The minimum absolute atomic E-state index is 0.00729. The molecule has 5 aromatic rings. The van der Waals surface area contributed by atoms with Crippen LogP contribution in [0.3, 0.4) is 0 Å². The number of nitrogens with one attached hydrogen (secondary N) is 5. The molecule has 7 N–H and O–H groups in total. The molecular weight excluding hydrogens is 787 g/mol. The smallest absolute Gasteiger partial charge is 0.326 e. The summed E-state index contributed by atoms with van der Waals surface area (Å²) in [5, 5.41) is 35.9. The fraction of sp³-hybridized carbons (Fsp3) is 0.244. The number of rotatable bonds is 10. The topological polar surface area (TPSA) is 212 Å². The zero-order valence-electron chi connectivity index (χ0n) is 32.4. The van der Waals surface area contributed by atoms with E-state index in [4.69, 9.17) is 4.74 Å². The Kier molecular flexibility index (Phi) is 14.8. The molecule has 310 valence electrons. The Morgan fingerprint density at radius 1 is 0.600 bits per heavy atom. The predicted molar refractivity (Wildman–Crippen MR) is 224 cm³/mol. The van der Waals surface area contributed by atoms with E-state index in [2.05, 4.69) is 26.6 Å². The Labute approximate surface area is 350 Å². The van der Waals surface area contributed by atoms with Crippen LogP contribution in [0.4, 0.5) is 5.69 Å². The van der Waals surface area contributed by atoms with E-state index in [1.807, 2.05) is 30.3 Å². The lowest BCUT2D eigenvalue weighted by molar-refractivity contribution is -0.142. The standard InChI is InChI=1S/C45H45N5O9S/c51-39-26-40(52)47-37(25-34-12-7-21-60-34)43(55)49-36(23-30-15-19-33(20-16-30)59-27-31-10-5-2-6-11-31)41(53)48-35(22-28-8-3-1-4-9-28)42(54)50-38(45(57)58)24-29-13-17-32(18-14-29)46-44(39)56/h1-21,35-39,51H,22-27H2,(H,46,56)(H,47,52)(H,48,53)(H,49,55)(H,50,54)(H,57,58). The van der Waals surface area contributed by atoms with Gasteiger partial charge >= 0.3 is 5.97 Å². The van der Waals surface area contributed by atoms with Crippen molar-refractivity contribution < 1.29 is 43.7 Å². The van der Waals surface area contributed by atoms with Crippen molar-refractivity contribution in [2.24, 2.45) is 0 Å². The number of benzene rings is 4. The molecule has 3 heterocycles. The first-order chi connectivity index (χ1) is 29.0. The second-order valence-electron chi connectivity index (χ2n) is 14.3. The number of carbonyl (C=O) groups is 6. The Balaban J connectivity index is 1.32. The second-order valence-corrected chi connectivity index (χ2v) is 15.4. The van der Waals surface area contributed by atoms with Crippen LogP contribution in [0, 0.1) is 0 Å². The molecule has 5 atom stereocenters. The summed E-state index contributed by atoms with van der Waals surface area (Å²) in [5.74, 6) is -4.66. The molecule has 2 aliphatic heterocycles. The van der Waals surface area contributed by atoms with Crippen molar-refractivity contribution in [3.63, 3.8) is 0 Å². The highest BCUT2D eigenvalue weighted by Crippen LogP contribution is 2.18. The molecule has 4 aromatic carbocycles. The third kappa shape index (κ3) is 12.6. The summed E-state index contributed by atoms with van der Waals surface area (Å²) in [5.41, 5.74) is 3.06. The van der Waals surface area contributed by atoms with Crippen LogP contribution in [0.15, 0.2) is 127 Å². The van der Waals surface area contributed by atoms with Crippen LogP contribution < -0.4 is 31.3 Å². The van der Waals surface area contributed by atoms with Crippen LogP contribution in [0.5, 0.6) is 5.75 Å². The minimum atomic E-state index is -1.78. The largest absolute Gasteiger partial charge is 0.489 e. The van der Waals surface area contributed by atoms with E-state index in [0.717, 1.165) is 10.4 Å². The summed E-state index contributed by atoms with van der Waals surface area (Å²) in [6, 6.07) is 29.9. The van der Waals surface area contributed by atoms with E-state index >= 15 is 0 Å². The van der Waals surface area contributed by atoms with Crippen LogP contribution in [-0.4, -0.2) is 76.0 Å². The Bertz CT molecular complexity index is 2240. The quantitative estimate of drug-likeness (QED) is 0.103. The Hall–Kier alpha value is -6.84. The van der Waals surface area contributed by atoms with E-state index in [-0.39, 0.29) is 31.4 Å². The van der Waals surface area contributed by atoms with E-state index in [1.165, 1.54) is 23.5 Å². The van der Waals surface area contributed by atoms with Crippen molar-refractivity contribution >= 4 is 52.5 Å². The number of aliphatic hydroxyl groups is 1. The summed E-state index contributed by atoms with van der Waals surface area (Å²) in [4.78, 5) is 82.0. The first-order valence-corrected chi connectivity index (χ1v) is 20.2. The van der Waals surface area contributed by atoms with Crippen molar-refractivity contribution in [2.75, 3.05) is 5.32 Å². The maximum Gasteiger partial charge on any atom is 0.326 e. The number of thiophene rings is 1. The molecule has 2 aliphatic rings. The monoisotopic (exact) mass is 831 g/mol. The van der Waals surface area contributed by atoms with E-state index in [1.54, 1.807) is 84.2 Å². The number of hydrogen-bond acceptors (Lipinski definition) is 9. The van der Waals surface area contributed by atoms with Gasteiger partial charge in [-0.1, -0.05) is 91.0 Å². The molecule has 0 aliphatic carbocycles. The molecular formula is C45H45N5O9S. The maximum atomic E-state index is 14.4. The van der Waals surface area contributed by atoms with Crippen LogP contribution in [0.25, 0.3) is 0 Å². The van der Waals surface area contributed by atoms with E-state index < -0.39 is 72.2 Å². The van der Waals surface area contributed by atoms with Gasteiger partial charge in [0.1, 0.15) is 42.6 Å². The molecule has 0 radical (unpaired) electrons. The molecule has 15 heteroatoms. The van der Waals surface area contributed by atoms with Gasteiger partial charge in [-0.25, -0.2) is 4.79 Å². The molecule has 60 heavy (non-hydrogen) atoms. The van der Waals surface area contributed by atoms with E-state index in [0.29, 0.717) is 29.0 Å². The zero-order valence-corrected chi connectivity index (χ0v) is 33.2. The fourth-order valence-corrected chi connectivity index (χ4v) is 7.28. The van der Waals surface area contributed by atoms with Gasteiger partial charge in [-0.3, -0.25) is 24.0 Å². The summed E-state index contributed by atoms with van der Waals surface area (Å²) in [6.45, 7) is 0.333. The summed E-state index contributed by atoms with van der Waals surface area (Å²) < 4.78 is 5.93. The van der Waals surface area contributed by atoms with Gasteiger partial charge in [-0.05, 0) is 58.0 Å². The van der Waals surface area contributed by atoms with Crippen molar-refractivity contribution in [1.29, 1.82) is 0 Å². The highest BCUT2D eigenvalue weighted by Gasteiger charge is 2.33. The van der Waals surface area contributed by atoms with Crippen molar-refractivity contribution in [2.45, 2.75) is 69.0 Å². The number of hydrogen-bond donors (Lipinski definition) is 7. The molecule has 7 rings (SSSR count). The van der Waals surface area contributed by atoms with Crippen molar-refractivity contribution in [3.05, 3.63) is 154 Å². The summed E-state index contributed by atoms with van der Waals surface area (Å²) >= 11 is 1.35. The number of carbonyl (C=O) groups excluding carboxylic acids is 5. The Morgan fingerprint density at radius 2 is 1.17 bits per heavy atom. The van der Waals surface area contributed by atoms with Gasteiger partial charge < -0.3 is 41.5 Å². The molecule has 0 saturated carbocycles. The summed E-state index contributed by atoms with van der Waals surface area (Å²) in [7, 11) is 0. The number of carboxylic acid groups (broad SMARTS) is 1. The second kappa shape index (κ2) is 20.7. The lowest BCUT2D eigenvalue weighted by atomic mass is 10.0. The predicted octanol–water partition coefficient (Wildman–Crippen LogP) is 3.32. The number of carboxylic acids is 1. The number of aliphatic hydroxyl groups excluding tert-OH is 1.